The minimum atomic E-state index is 0.874. The number of fused-ring (bicyclic) bond motifs is 8. The Bertz CT molecular complexity index is 2810. The largest absolute Gasteiger partial charge is 0.454 e. The lowest BCUT2D eigenvalue weighted by Crippen LogP contribution is -2.10. The second-order valence-electron chi connectivity index (χ2n) is 12.6. The van der Waals surface area contributed by atoms with E-state index in [-0.39, 0.29) is 0 Å². The summed E-state index contributed by atoms with van der Waals surface area (Å²) < 4.78 is 9.14. The van der Waals surface area contributed by atoms with E-state index in [0.29, 0.717) is 0 Å². The summed E-state index contributed by atoms with van der Waals surface area (Å²) in [5.41, 5.74) is 10.8. The van der Waals surface area contributed by atoms with Gasteiger partial charge in [-0.1, -0.05) is 121 Å². The van der Waals surface area contributed by atoms with Gasteiger partial charge in [-0.2, -0.15) is 0 Å². The Morgan fingerprint density at radius 3 is 1.86 bits per heavy atom. The van der Waals surface area contributed by atoms with E-state index in [0.717, 1.165) is 44.7 Å². The van der Waals surface area contributed by atoms with Crippen molar-refractivity contribution in [1.82, 2.24) is 4.57 Å². The van der Waals surface area contributed by atoms with E-state index in [1.54, 1.807) is 0 Å². The van der Waals surface area contributed by atoms with Crippen LogP contribution >= 0.6 is 0 Å². The molecular formula is C46H30N2O. The van der Waals surface area contributed by atoms with Gasteiger partial charge < -0.3 is 13.9 Å². The molecule has 0 bridgehead atoms. The summed E-state index contributed by atoms with van der Waals surface area (Å²) in [5.74, 6) is 0. The summed E-state index contributed by atoms with van der Waals surface area (Å²) in [5, 5.41) is 7.03. The molecule has 3 heteroatoms. The van der Waals surface area contributed by atoms with Crippen LogP contribution in [0.5, 0.6) is 0 Å². The van der Waals surface area contributed by atoms with Crippen LogP contribution in [0.4, 0.5) is 17.1 Å². The van der Waals surface area contributed by atoms with Crippen molar-refractivity contribution in [2.24, 2.45) is 0 Å². The molecule has 0 fully saturated rings. The number of nitrogens with zero attached hydrogens (tertiary/aromatic N) is 2. The van der Waals surface area contributed by atoms with E-state index in [2.05, 4.69) is 185 Å². The summed E-state index contributed by atoms with van der Waals surface area (Å²) in [7, 11) is 0. The summed E-state index contributed by atoms with van der Waals surface area (Å²) in [6, 6.07) is 64.9. The van der Waals surface area contributed by atoms with Crippen LogP contribution in [0.2, 0.25) is 0 Å². The lowest BCUT2D eigenvalue weighted by molar-refractivity contribution is 0.669. The highest BCUT2D eigenvalue weighted by Crippen LogP contribution is 2.46. The fraction of sp³-hybridized carbons (Fsp3) is 0. The van der Waals surface area contributed by atoms with Gasteiger partial charge in [-0.3, -0.25) is 0 Å². The lowest BCUT2D eigenvalue weighted by atomic mass is 10.0. The van der Waals surface area contributed by atoms with Gasteiger partial charge >= 0.3 is 0 Å². The van der Waals surface area contributed by atoms with Gasteiger partial charge in [-0.25, -0.2) is 0 Å². The van der Waals surface area contributed by atoms with Gasteiger partial charge in [0, 0.05) is 38.6 Å². The molecule has 0 radical (unpaired) electrons. The zero-order valence-electron chi connectivity index (χ0n) is 26.6. The van der Waals surface area contributed by atoms with Crippen LogP contribution in [-0.4, -0.2) is 4.57 Å². The SMILES string of the molecule is c1ccc(-c2ccc(N(c3ccc4c(c3)c3ccccc3n4-c3ccccc3)c3cc4ccccc4c4c3oc3ccccc34)cc2)cc1. The average Bonchev–Trinajstić information content (AvgIpc) is 3.73. The first-order chi connectivity index (χ1) is 24.3. The highest BCUT2D eigenvalue weighted by molar-refractivity contribution is 6.23. The number of para-hydroxylation sites is 3. The number of furan rings is 1. The maximum atomic E-state index is 6.78. The van der Waals surface area contributed by atoms with Crippen LogP contribution in [0.3, 0.4) is 0 Å². The molecule has 0 spiro atoms. The molecule has 0 saturated carbocycles. The summed E-state index contributed by atoms with van der Waals surface area (Å²) in [6.45, 7) is 0. The third-order valence-electron chi connectivity index (χ3n) is 9.75. The van der Waals surface area contributed by atoms with Crippen LogP contribution < -0.4 is 4.90 Å². The Labute approximate surface area is 283 Å². The van der Waals surface area contributed by atoms with Crippen molar-refractivity contribution in [1.29, 1.82) is 0 Å². The van der Waals surface area contributed by atoms with Crippen molar-refractivity contribution in [3.8, 4) is 16.8 Å². The minimum absolute atomic E-state index is 0.874. The van der Waals surface area contributed by atoms with Crippen LogP contribution in [0, 0.1) is 0 Å². The summed E-state index contributed by atoms with van der Waals surface area (Å²) in [4.78, 5) is 2.36. The fourth-order valence-corrected chi connectivity index (χ4v) is 7.54. The first-order valence-electron chi connectivity index (χ1n) is 16.7. The van der Waals surface area contributed by atoms with E-state index >= 15 is 0 Å². The maximum Gasteiger partial charge on any atom is 0.160 e. The third kappa shape index (κ3) is 4.37. The monoisotopic (exact) mass is 626 g/mol. The van der Waals surface area contributed by atoms with Crippen LogP contribution in [0.15, 0.2) is 186 Å². The van der Waals surface area contributed by atoms with Gasteiger partial charge in [-0.05, 0) is 82.6 Å². The van der Waals surface area contributed by atoms with Gasteiger partial charge in [-0.15, -0.1) is 0 Å². The van der Waals surface area contributed by atoms with Crippen LogP contribution in [-0.2, 0) is 0 Å². The molecule has 0 amide bonds. The number of anilines is 3. The summed E-state index contributed by atoms with van der Waals surface area (Å²) >= 11 is 0. The number of benzene rings is 8. The first-order valence-corrected chi connectivity index (χ1v) is 16.7. The molecule has 0 aliphatic carbocycles. The second kappa shape index (κ2) is 11.0. The molecule has 10 aromatic rings. The van der Waals surface area contributed by atoms with E-state index < -0.39 is 0 Å². The molecule has 10 rings (SSSR count). The van der Waals surface area contributed by atoms with Crippen molar-refractivity contribution >= 4 is 71.6 Å². The molecule has 0 saturated heterocycles. The predicted octanol–water partition coefficient (Wildman–Crippen LogP) is 13.0. The van der Waals surface area contributed by atoms with Gasteiger partial charge in [0.25, 0.3) is 0 Å². The quantitative estimate of drug-likeness (QED) is 0.190. The molecule has 0 unspecified atom stereocenters. The van der Waals surface area contributed by atoms with Crippen molar-refractivity contribution in [2.45, 2.75) is 0 Å². The Balaban J connectivity index is 1.27. The van der Waals surface area contributed by atoms with E-state index in [9.17, 15) is 0 Å². The Morgan fingerprint density at radius 1 is 0.429 bits per heavy atom. The van der Waals surface area contributed by atoms with Crippen LogP contribution in [0.1, 0.15) is 0 Å². The highest BCUT2D eigenvalue weighted by atomic mass is 16.3. The van der Waals surface area contributed by atoms with Crippen molar-refractivity contribution in [2.75, 3.05) is 4.90 Å². The Morgan fingerprint density at radius 2 is 1.04 bits per heavy atom. The van der Waals surface area contributed by atoms with Crippen molar-refractivity contribution in [3.05, 3.63) is 182 Å². The molecule has 3 nitrogen and oxygen atoms in total. The van der Waals surface area contributed by atoms with Crippen molar-refractivity contribution < 1.29 is 4.42 Å². The third-order valence-corrected chi connectivity index (χ3v) is 9.75. The van der Waals surface area contributed by atoms with Gasteiger partial charge in [0.15, 0.2) is 5.58 Å². The molecule has 0 aliphatic rings. The maximum absolute atomic E-state index is 6.78. The highest BCUT2D eigenvalue weighted by Gasteiger charge is 2.23. The number of aromatic nitrogens is 1. The molecular weight excluding hydrogens is 597 g/mol. The smallest absolute Gasteiger partial charge is 0.160 e. The molecule has 0 aliphatic heterocycles. The van der Waals surface area contributed by atoms with Gasteiger partial charge in [0.2, 0.25) is 0 Å². The molecule has 2 aromatic heterocycles. The Hall–Kier alpha value is -6.58. The topological polar surface area (TPSA) is 21.3 Å². The van der Waals surface area contributed by atoms with Gasteiger partial charge in [0.05, 0.1) is 16.7 Å². The second-order valence-corrected chi connectivity index (χ2v) is 12.6. The van der Waals surface area contributed by atoms with Gasteiger partial charge in [0.1, 0.15) is 5.58 Å². The number of hydrogen-bond donors (Lipinski definition) is 0. The molecule has 8 aromatic carbocycles. The predicted molar refractivity (Wildman–Crippen MR) is 206 cm³/mol. The first kappa shape index (κ1) is 27.5. The lowest BCUT2D eigenvalue weighted by Gasteiger charge is -2.26. The van der Waals surface area contributed by atoms with E-state index in [1.165, 1.54) is 43.7 Å². The molecule has 0 atom stereocenters. The summed E-state index contributed by atoms with van der Waals surface area (Å²) in [6.07, 6.45) is 0. The van der Waals surface area contributed by atoms with Crippen LogP contribution in [0.25, 0.3) is 71.3 Å². The Kier molecular flexibility index (Phi) is 6.18. The molecule has 49 heavy (non-hydrogen) atoms. The minimum Gasteiger partial charge on any atom is -0.454 e. The zero-order valence-corrected chi connectivity index (χ0v) is 26.6. The normalized spacial score (nSPS) is 11.7. The fourth-order valence-electron chi connectivity index (χ4n) is 7.54. The number of rotatable bonds is 5. The molecule has 0 N–H and O–H groups in total. The van der Waals surface area contributed by atoms with E-state index in [1.807, 2.05) is 6.07 Å². The average molecular weight is 627 g/mol. The van der Waals surface area contributed by atoms with E-state index in [4.69, 9.17) is 4.42 Å². The number of hydrogen-bond acceptors (Lipinski definition) is 2. The molecule has 2 heterocycles. The zero-order chi connectivity index (χ0) is 32.3. The molecule has 230 valence electrons. The standard InChI is InChI=1S/C46H30N2O/c1-3-13-31(14-4-1)32-23-25-35(26-24-32)47(43-29-33-15-7-8-18-37(33)45-39-20-10-12-22-44(39)49-46(43)45)36-27-28-42-40(30-36)38-19-9-11-21-41(38)48(42)34-16-5-2-6-17-34/h1-30H. The van der Waals surface area contributed by atoms with Crippen molar-refractivity contribution in [3.63, 3.8) is 0 Å².